The molecule has 0 atom stereocenters. The molecule has 0 aliphatic heterocycles. The average molecular weight is 309 g/mol. The molecule has 118 valence electrons. The van der Waals surface area contributed by atoms with Gasteiger partial charge in [0.1, 0.15) is 6.61 Å². The van der Waals surface area contributed by atoms with Crippen LogP contribution in [0.15, 0.2) is 12.1 Å². The Bertz CT molecular complexity index is 504. The largest absolute Gasteiger partial charge is 0.522 e. The van der Waals surface area contributed by atoms with E-state index in [2.05, 4.69) is 9.47 Å². The van der Waals surface area contributed by atoms with Crippen LogP contribution in [-0.2, 0) is 9.47 Å². The van der Waals surface area contributed by atoms with Crippen molar-refractivity contribution in [3.63, 3.8) is 0 Å². The van der Waals surface area contributed by atoms with E-state index in [1.165, 1.54) is 26.4 Å². The first kappa shape index (κ1) is 16.9. The molecule has 0 spiro atoms. The van der Waals surface area contributed by atoms with Crippen LogP contribution in [-0.4, -0.2) is 39.8 Å². The number of halogens is 3. The number of ether oxygens (including phenoxy) is 4. The molecule has 0 bridgehead atoms. The Morgan fingerprint density at radius 2 is 1.71 bits per heavy atom. The van der Waals surface area contributed by atoms with Gasteiger partial charge >= 0.3 is 12.3 Å². The molecular formula is C12H14F3NO5. The smallest absolute Gasteiger partial charge is 0.493 e. The van der Waals surface area contributed by atoms with Gasteiger partial charge < -0.3 is 19.9 Å². The summed E-state index contributed by atoms with van der Waals surface area (Å²) < 4.78 is 53.3. The number of alkyl halides is 3. The Morgan fingerprint density at radius 1 is 1.14 bits per heavy atom. The second-order valence-corrected chi connectivity index (χ2v) is 3.72. The molecule has 0 aliphatic rings. The highest BCUT2D eigenvalue weighted by molar-refractivity contribution is 5.96. The maximum absolute atomic E-state index is 11.7. The highest BCUT2D eigenvalue weighted by Crippen LogP contribution is 2.32. The number of benzene rings is 1. The van der Waals surface area contributed by atoms with Gasteiger partial charge in [0, 0.05) is 12.1 Å². The Labute approximate surface area is 118 Å². The molecule has 1 rings (SSSR count). The van der Waals surface area contributed by atoms with Crippen molar-refractivity contribution in [1.82, 2.24) is 0 Å². The molecule has 6 nitrogen and oxygen atoms in total. The van der Waals surface area contributed by atoms with Gasteiger partial charge in [-0.2, -0.15) is 0 Å². The number of nitrogen functional groups attached to an aromatic ring is 1. The molecule has 1 aromatic carbocycles. The predicted octanol–water partition coefficient (Wildman–Crippen LogP) is 1.98. The summed E-state index contributed by atoms with van der Waals surface area (Å²) in [6, 6.07) is 2.63. The normalized spacial score (nSPS) is 11.1. The fourth-order valence-corrected chi connectivity index (χ4v) is 1.44. The highest BCUT2D eigenvalue weighted by atomic mass is 19.4. The first-order valence-corrected chi connectivity index (χ1v) is 5.67. The van der Waals surface area contributed by atoms with Gasteiger partial charge in [-0.05, 0) is 0 Å². The Morgan fingerprint density at radius 3 is 2.24 bits per heavy atom. The molecule has 0 fully saturated rings. The molecule has 0 unspecified atom stereocenters. The van der Waals surface area contributed by atoms with Crippen LogP contribution in [0, 0.1) is 0 Å². The van der Waals surface area contributed by atoms with E-state index in [0.717, 1.165) is 0 Å². The lowest BCUT2D eigenvalue weighted by Gasteiger charge is -2.12. The molecule has 0 aromatic heterocycles. The van der Waals surface area contributed by atoms with Gasteiger partial charge in [0.25, 0.3) is 0 Å². The SMILES string of the molecule is COc1cc(N)c(C(=O)OCCOC(F)(F)F)cc1OC. The summed E-state index contributed by atoms with van der Waals surface area (Å²) in [5.41, 5.74) is 5.66. The zero-order valence-electron chi connectivity index (χ0n) is 11.3. The predicted molar refractivity (Wildman–Crippen MR) is 66.2 cm³/mol. The summed E-state index contributed by atoms with van der Waals surface area (Å²) in [6.45, 7) is -1.37. The molecule has 2 N–H and O–H groups in total. The van der Waals surface area contributed by atoms with Crippen molar-refractivity contribution in [2.24, 2.45) is 0 Å². The van der Waals surface area contributed by atoms with E-state index in [1.54, 1.807) is 0 Å². The second kappa shape index (κ2) is 7.02. The molecule has 9 heteroatoms. The van der Waals surface area contributed by atoms with E-state index in [9.17, 15) is 18.0 Å². The average Bonchev–Trinajstić information content (AvgIpc) is 2.41. The number of carbonyl (C=O) groups is 1. The Balaban J connectivity index is 2.70. The molecule has 21 heavy (non-hydrogen) atoms. The summed E-state index contributed by atoms with van der Waals surface area (Å²) in [5, 5.41) is 0. The minimum absolute atomic E-state index is 0.0420. The summed E-state index contributed by atoms with van der Waals surface area (Å²) in [4.78, 5) is 11.7. The van der Waals surface area contributed by atoms with Crippen molar-refractivity contribution < 1.29 is 36.9 Å². The summed E-state index contributed by atoms with van der Waals surface area (Å²) >= 11 is 0. The van der Waals surface area contributed by atoms with E-state index >= 15 is 0 Å². The van der Waals surface area contributed by atoms with E-state index in [1.807, 2.05) is 0 Å². The third-order valence-corrected chi connectivity index (χ3v) is 2.36. The van der Waals surface area contributed by atoms with Gasteiger partial charge in [-0.1, -0.05) is 0 Å². The fraction of sp³-hybridized carbons (Fsp3) is 0.417. The Kier molecular flexibility index (Phi) is 5.65. The van der Waals surface area contributed by atoms with Gasteiger partial charge in [0.05, 0.1) is 32.1 Å². The third-order valence-electron chi connectivity index (χ3n) is 2.36. The van der Waals surface area contributed by atoms with Crippen molar-refractivity contribution in [3.05, 3.63) is 17.7 Å². The van der Waals surface area contributed by atoms with Crippen LogP contribution >= 0.6 is 0 Å². The molecule has 0 heterocycles. The van der Waals surface area contributed by atoms with E-state index < -0.39 is 25.5 Å². The quantitative estimate of drug-likeness (QED) is 0.492. The molecular weight excluding hydrogens is 295 g/mol. The van der Waals surface area contributed by atoms with E-state index in [-0.39, 0.29) is 17.0 Å². The number of methoxy groups -OCH3 is 2. The monoisotopic (exact) mass is 309 g/mol. The van der Waals surface area contributed by atoms with Crippen LogP contribution < -0.4 is 15.2 Å². The van der Waals surface area contributed by atoms with Gasteiger partial charge in [0.15, 0.2) is 11.5 Å². The van der Waals surface area contributed by atoms with Crippen LogP contribution in [0.3, 0.4) is 0 Å². The van der Waals surface area contributed by atoms with Gasteiger partial charge in [-0.25, -0.2) is 4.79 Å². The van der Waals surface area contributed by atoms with Crippen LogP contribution in [0.25, 0.3) is 0 Å². The maximum atomic E-state index is 11.7. The lowest BCUT2D eigenvalue weighted by atomic mass is 10.1. The zero-order chi connectivity index (χ0) is 16.0. The number of carbonyl (C=O) groups excluding carboxylic acids is 1. The van der Waals surface area contributed by atoms with Crippen molar-refractivity contribution >= 4 is 11.7 Å². The standard InChI is InChI=1S/C12H14F3NO5/c1-18-9-5-7(8(16)6-10(9)19-2)11(17)20-3-4-21-12(13,14)15/h5-6H,3-4,16H2,1-2H3. The maximum Gasteiger partial charge on any atom is 0.522 e. The van der Waals surface area contributed by atoms with Crippen molar-refractivity contribution in [3.8, 4) is 11.5 Å². The summed E-state index contributed by atoms with van der Waals surface area (Å²) in [5.74, 6) is -0.337. The number of nitrogens with two attached hydrogens (primary N) is 1. The number of anilines is 1. The number of esters is 1. The number of hydrogen-bond acceptors (Lipinski definition) is 6. The second-order valence-electron chi connectivity index (χ2n) is 3.72. The highest BCUT2D eigenvalue weighted by Gasteiger charge is 2.29. The summed E-state index contributed by atoms with van der Waals surface area (Å²) in [7, 11) is 2.75. The lowest BCUT2D eigenvalue weighted by Crippen LogP contribution is -2.19. The van der Waals surface area contributed by atoms with Crippen molar-refractivity contribution in [1.29, 1.82) is 0 Å². The number of rotatable bonds is 6. The summed E-state index contributed by atoms with van der Waals surface area (Å²) in [6.07, 6.45) is -4.77. The van der Waals surface area contributed by atoms with Gasteiger partial charge in [0.2, 0.25) is 0 Å². The van der Waals surface area contributed by atoms with Crippen LogP contribution in [0.2, 0.25) is 0 Å². The van der Waals surface area contributed by atoms with Crippen molar-refractivity contribution in [2.75, 3.05) is 33.2 Å². The van der Waals surface area contributed by atoms with Crippen LogP contribution in [0.1, 0.15) is 10.4 Å². The Hall–Kier alpha value is -2.16. The first-order valence-electron chi connectivity index (χ1n) is 5.67. The first-order chi connectivity index (χ1) is 9.78. The molecule has 0 amide bonds. The topological polar surface area (TPSA) is 80.0 Å². The molecule has 0 saturated carbocycles. The molecule has 0 radical (unpaired) electrons. The van der Waals surface area contributed by atoms with E-state index in [0.29, 0.717) is 5.75 Å². The van der Waals surface area contributed by atoms with E-state index in [4.69, 9.17) is 15.2 Å². The molecule has 0 saturated heterocycles. The van der Waals surface area contributed by atoms with Crippen LogP contribution in [0.5, 0.6) is 11.5 Å². The zero-order valence-corrected chi connectivity index (χ0v) is 11.3. The van der Waals surface area contributed by atoms with Crippen LogP contribution in [0.4, 0.5) is 18.9 Å². The lowest BCUT2D eigenvalue weighted by molar-refractivity contribution is -0.326. The van der Waals surface area contributed by atoms with Crippen molar-refractivity contribution in [2.45, 2.75) is 6.36 Å². The molecule has 0 aliphatic carbocycles. The van der Waals surface area contributed by atoms with Gasteiger partial charge in [-0.3, -0.25) is 4.74 Å². The minimum Gasteiger partial charge on any atom is -0.493 e. The number of hydrogen-bond donors (Lipinski definition) is 1. The molecule has 1 aromatic rings. The van der Waals surface area contributed by atoms with Gasteiger partial charge in [-0.15, -0.1) is 13.2 Å². The third kappa shape index (κ3) is 5.03. The minimum atomic E-state index is -4.77. The fourth-order valence-electron chi connectivity index (χ4n) is 1.44.